The molecular formula is C36H49FN8O. The molecule has 1 aliphatic heterocycles. The maximum Gasteiger partial charge on any atom is 0.354 e. The molecule has 0 bridgehead atoms. The third kappa shape index (κ3) is 7.92. The summed E-state index contributed by atoms with van der Waals surface area (Å²) in [6, 6.07) is 14.5. The van der Waals surface area contributed by atoms with E-state index < -0.39 is 5.69 Å². The topological polar surface area (TPSA) is 153 Å². The van der Waals surface area contributed by atoms with Gasteiger partial charge in [0.15, 0.2) is 0 Å². The number of aliphatic imine (C=N–C) groups is 1. The SMILES string of the molecule is Cc1cc(CCC[C@H](C)N)cc(-c2cc3cn(-c4ccc([C@@H]5CCC[C@@H](C[C@H](N=C(N)CN)C(C)C)N5)cc4)c(=O)nc3[nH]2)c1F. The standard InChI is InChI=1S/C36H49FN8O/c1-21(2)31(42-33(40)19-38)18-27-9-6-10-30(41-27)25-11-13-28(14-12-25)45-20-26-17-32(43-35(26)44-36(45)46)29-16-24(8-5-7-23(4)39)15-22(3)34(29)37/h11-17,20-21,23,27,30-31,41H,5-10,18-19,38-39H2,1-4H3,(H2,40,42)(H,43,44,46)/t23-,27-,30-,31-/m0/s1. The van der Waals surface area contributed by atoms with Crippen LogP contribution >= 0.6 is 0 Å². The van der Waals surface area contributed by atoms with Crippen LogP contribution in [0.5, 0.6) is 0 Å². The van der Waals surface area contributed by atoms with E-state index in [1.54, 1.807) is 17.7 Å². The number of piperidine rings is 1. The van der Waals surface area contributed by atoms with Gasteiger partial charge in [-0.3, -0.25) is 9.56 Å². The van der Waals surface area contributed by atoms with Crippen LogP contribution in [0.2, 0.25) is 0 Å². The first-order valence-corrected chi connectivity index (χ1v) is 16.6. The summed E-state index contributed by atoms with van der Waals surface area (Å²) >= 11 is 0. The summed E-state index contributed by atoms with van der Waals surface area (Å²) in [6.07, 6.45) is 8.60. The molecule has 0 unspecified atom stereocenters. The van der Waals surface area contributed by atoms with E-state index in [0.717, 1.165) is 61.6 Å². The molecule has 0 spiro atoms. The Morgan fingerprint density at radius 1 is 1.15 bits per heavy atom. The van der Waals surface area contributed by atoms with Gasteiger partial charge in [-0.2, -0.15) is 4.98 Å². The third-order valence-corrected chi connectivity index (χ3v) is 9.13. The fourth-order valence-corrected chi connectivity index (χ4v) is 6.50. The van der Waals surface area contributed by atoms with Gasteiger partial charge in [0.25, 0.3) is 0 Å². The Kier molecular flexibility index (Phi) is 10.7. The van der Waals surface area contributed by atoms with Crippen LogP contribution in [-0.4, -0.2) is 45.0 Å². The zero-order chi connectivity index (χ0) is 33.0. The van der Waals surface area contributed by atoms with Crippen molar-refractivity contribution in [2.75, 3.05) is 6.54 Å². The van der Waals surface area contributed by atoms with E-state index >= 15 is 4.39 Å². The number of nitrogens with two attached hydrogens (primary N) is 3. The van der Waals surface area contributed by atoms with Gasteiger partial charge in [0.2, 0.25) is 0 Å². The molecule has 1 fully saturated rings. The number of fused-ring (bicyclic) bond motifs is 1. The van der Waals surface area contributed by atoms with E-state index in [-0.39, 0.29) is 30.5 Å². The molecule has 0 amide bonds. The fraction of sp³-hybridized carbons (Fsp3) is 0.472. The van der Waals surface area contributed by atoms with Crippen LogP contribution in [0, 0.1) is 18.7 Å². The summed E-state index contributed by atoms with van der Waals surface area (Å²) in [5.41, 5.74) is 22.2. The van der Waals surface area contributed by atoms with Crippen molar-refractivity contribution in [1.29, 1.82) is 0 Å². The second-order valence-corrected chi connectivity index (χ2v) is 13.3. The van der Waals surface area contributed by atoms with Crippen LogP contribution in [0.4, 0.5) is 4.39 Å². The zero-order valence-electron chi connectivity index (χ0n) is 27.5. The lowest BCUT2D eigenvalue weighted by Crippen LogP contribution is -2.40. The highest BCUT2D eigenvalue weighted by Crippen LogP contribution is 2.31. The first-order valence-electron chi connectivity index (χ1n) is 16.6. The molecule has 0 radical (unpaired) electrons. The van der Waals surface area contributed by atoms with E-state index in [1.165, 1.54) is 5.56 Å². The van der Waals surface area contributed by atoms with Gasteiger partial charge in [0.1, 0.15) is 17.3 Å². The lowest BCUT2D eigenvalue weighted by atomic mass is 9.88. The van der Waals surface area contributed by atoms with Crippen LogP contribution < -0.4 is 28.2 Å². The number of rotatable bonds is 12. The van der Waals surface area contributed by atoms with Gasteiger partial charge >= 0.3 is 5.69 Å². The maximum atomic E-state index is 15.3. The predicted molar refractivity (Wildman–Crippen MR) is 186 cm³/mol. The van der Waals surface area contributed by atoms with Crippen molar-refractivity contribution in [3.8, 4) is 16.9 Å². The van der Waals surface area contributed by atoms with Crippen molar-refractivity contribution < 1.29 is 4.39 Å². The molecule has 10 heteroatoms. The van der Waals surface area contributed by atoms with Crippen molar-refractivity contribution in [2.45, 2.75) is 96.8 Å². The molecule has 4 aromatic rings. The molecule has 9 nitrogen and oxygen atoms in total. The van der Waals surface area contributed by atoms with Crippen LogP contribution in [0.3, 0.4) is 0 Å². The molecule has 2 aromatic carbocycles. The van der Waals surface area contributed by atoms with Crippen molar-refractivity contribution >= 4 is 16.9 Å². The molecule has 1 aliphatic rings. The first-order chi connectivity index (χ1) is 22.0. The van der Waals surface area contributed by atoms with E-state index in [9.17, 15) is 4.79 Å². The molecular weight excluding hydrogens is 579 g/mol. The van der Waals surface area contributed by atoms with Crippen LogP contribution in [0.1, 0.15) is 82.0 Å². The van der Waals surface area contributed by atoms with E-state index in [4.69, 9.17) is 17.2 Å². The zero-order valence-corrected chi connectivity index (χ0v) is 27.5. The highest BCUT2D eigenvalue weighted by molar-refractivity contribution is 5.83. The second kappa shape index (κ2) is 14.7. The Morgan fingerprint density at radius 2 is 1.91 bits per heavy atom. The number of aryl methyl sites for hydroxylation is 2. The number of hydrogen-bond donors (Lipinski definition) is 5. The molecule has 46 heavy (non-hydrogen) atoms. The van der Waals surface area contributed by atoms with Gasteiger partial charge in [0, 0.05) is 35.3 Å². The first kappa shape index (κ1) is 33.5. The van der Waals surface area contributed by atoms with Gasteiger partial charge in [-0.1, -0.05) is 38.5 Å². The Bertz CT molecular complexity index is 1720. The molecule has 4 atom stereocenters. The summed E-state index contributed by atoms with van der Waals surface area (Å²) in [7, 11) is 0. The van der Waals surface area contributed by atoms with Crippen molar-refractivity contribution in [3.05, 3.63) is 81.7 Å². The molecule has 8 N–H and O–H groups in total. The Morgan fingerprint density at radius 3 is 2.61 bits per heavy atom. The lowest BCUT2D eigenvalue weighted by molar-refractivity contribution is 0.283. The number of hydrogen-bond acceptors (Lipinski definition) is 6. The van der Waals surface area contributed by atoms with Crippen molar-refractivity contribution in [1.82, 2.24) is 19.9 Å². The summed E-state index contributed by atoms with van der Waals surface area (Å²) < 4.78 is 16.8. The normalized spacial score (nSPS) is 18.7. The molecule has 0 saturated carbocycles. The molecule has 1 saturated heterocycles. The minimum absolute atomic E-state index is 0.125. The molecule has 2 aromatic heterocycles. The Hall–Kier alpha value is -3.86. The van der Waals surface area contributed by atoms with Crippen LogP contribution in [0.15, 0.2) is 58.4 Å². The number of nitrogens with zero attached hydrogens (tertiary/aromatic N) is 3. The van der Waals surface area contributed by atoms with Gasteiger partial charge in [0.05, 0.1) is 24.0 Å². The predicted octanol–water partition coefficient (Wildman–Crippen LogP) is 5.41. The van der Waals surface area contributed by atoms with E-state index in [1.807, 2.05) is 37.3 Å². The number of halogens is 1. The van der Waals surface area contributed by atoms with Crippen LogP contribution in [-0.2, 0) is 6.42 Å². The average Bonchev–Trinajstić information content (AvgIpc) is 3.44. The van der Waals surface area contributed by atoms with Crippen molar-refractivity contribution in [3.63, 3.8) is 0 Å². The lowest BCUT2D eigenvalue weighted by Gasteiger charge is -2.34. The smallest absolute Gasteiger partial charge is 0.354 e. The number of H-pyrrole nitrogens is 1. The number of aromatic nitrogens is 3. The molecule has 5 rings (SSSR count). The van der Waals surface area contributed by atoms with Gasteiger partial charge < -0.3 is 27.5 Å². The maximum absolute atomic E-state index is 15.3. The van der Waals surface area contributed by atoms with E-state index in [0.29, 0.717) is 40.3 Å². The minimum atomic E-state index is -0.400. The minimum Gasteiger partial charge on any atom is -0.386 e. The third-order valence-electron chi connectivity index (χ3n) is 9.13. The summed E-state index contributed by atoms with van der Waals surface area (Å²) in [5, 5.41) is 4.55. The summed E-state index contributed by atoms with van der Waals surface area (Å²) in [5.74, 6) is 0.593. The second-order valence-electron chi connectivity index (χ2n) is 13.3. The highest BCUT2D eigenvalue weighted by Gasteiger charge is 2.26. The molecule has 246 valence electrons. The number of benzene rings is 2. The largest absolute Gasteiger partial charge is 0.386 e. The Balaban J connectivity index is 1.34. The molecule has 0 aliphatic carbocycles. The average molecular weight is 629 g/mol. The van der Waals surface area contributed by atoms with E-state index in [2.05, 4.69) is 46.3 Å². The van der Waals surface area contributed by atoms with Gasteiger partial charge in [-0.15, -0.1) is 0 Å². The van der Waals surface area contributed by atoms with Crippen LogP contribution in [0.25, 0.3) is 28.0 Å². The number of aromatic amines is 1. The summed E-state index contributed by atoms with van der Waals surface area (Å²) in [4.78, 5) is 25.3. The fourth-order valence-electron chi connectivity index (χ4n) is 6.50. The Labute approximate surface area is 270 Å². The quantitative estimate of drug-likeness (QED) is 0.104. The van der Waals surface area contributed by atoms with Crippen molar-refractivity contribution in [2.24, 2.45) is 28.1 Å². The van der Waals surface area contributed by atoms with Gasteiger partial charge in [-0.05, 0) is 99.2 Å². The monoisotopic (exact) mass is 628 g/mol. The number of amidine groups is 1. The van der Waals surface area contributed by atoms with Gasteiger partial charge in [-0.25, -0.2) is 9.18 Å². The number of nitrogens with one attached hydrogen (secondary N) is 2. The summed E-state index contributed by atoms with van der Waals surface area (Å²) in [6.45, 7) is 8.39. The molecule has 3 heterocycles. The highest BCUT2D eigenvalue weighted by atomic mass is 19.1.